The molecular formula is C54H92O4. The molecule has 4 heteroatoms. The first-order chi connectivity index (χ1) is 28.5. The molecule has 2 aromatic carbocycles. The Morgan fingerprint density at radius 3 is 0.672 bits per heavy atom. The van der Waals surface area contributed by atoms with Crippen LogP contribution in [-0.2, 0) is 38.5 Å². The summed E-state index contributed by atoms with van der Waals surface area (Å²) < 4.78 is 14.8. The highest BCUT2D eigenvalue weighted by Crippen LogP contribution is 2.58. The Bertz CT molecular complexity index is 1290. The highest BCUT2D eigenvalue weighted by molar-refractivity contribution is 5.72. The van der Waals surface area contributed by atoms with Gasteiger partial charge in [0.2, 0.25) is 0 Å². The molecule has 0 bridgehead atoms. The second-order valence-electron chi connectivity index (χ2n) is 18.1. The molecule has 58 heavy (non-hydrogen) atoms. The molecule has 0 aromatic heterocycles. The topological polar surface area (TPSA) is 58.9 Å². The van der Waals surface area contributed by atoms with E-state index >= 15 is 0 Å². The van der Waals surface area contributed by atoms with Crippen LogP contribution < -0.4 is 9.47 Å². The summed E-state index contributed by atoms with van der Waals surface area (Å²) in [5, 5.41) is 23.6. The lowest BCUT2D eigenvalue weighted by Crippen LogP contribution is -2.15. The van der Waals surface area contributed by atoms with Gasteiger partial charge in [-0.15, -0.1) is 0 Å². The van der Waals surface area contributed by atoms with E-state index < -0.39 is 0 Å². The lowest BCUT2D eigenvalue weighted by molar-refractivity contribution is 0.327. The van der Waals surface area contributed by atoms with Crippen molar-refractivity contribution >= 4 is 0 Å². The van der Waals surface area contributed by atoms with Crippen molar-refractivity contribution in [2.24, 2.45) is 0 Å². The third kappa shape index (κ3) is 16.2. The van der Waals surface area contributed by atoms with Crippen molar-refractivity contribution in [3.05, 3.63) is 33.4 Å². The molecule has 0 radical (unpaired) electrons. The van der Waals surface area contributed by atoms with Gasteiger partial charge < -0.3 is 19.7 Å². The van der Waals surface area contributed by atoms with E-state index in [9.17, 15) is 10.2 Å². The van der Waals surface area contributed by atoms with Crippen LogP contribution in [0.2, 0.25) is 0 Å². The van der Waals surface area contributed by atoms with Crippen LogP contribution >= 0.6 is 0 Å². The summed E-state index contributed by atoms with van der Waals surface area (Å²) in [4.78, 5) is 0. The molecule has 0 saturated heterocycles. The Kier molecular flexibility index (Phi) is 26.4. The van der Waals surface area contributed by atoms with Crippen LogP contribution in [0, 0.1) is 0 Å². The first-order valence-corrected chi connectivity index (χ1v) is 25.6. The summed E-state index contributed by atoms with van der Waals surface area (Å²) >= 11 is 0. The van der Waals surface area contributed by atoms with Gasteiger partial charge in [-0.2, -0.15) is 0 Å². The van der Waals surface area contributed by atoms with Gasteiger partial charge in [0.15, 0.2) is 34.5 Å². The third-order valence-electron chi connectivity index (χ3n) is 13.0. The van der Waals surface area contributed by atoms with Gasteiger partial charge in [-0.25, -0.2) is 0 Å². The fourth-order valence-electron chi connectivity index (χ4n) is 9.35. The van der Waals surface area contributed by atoms with Crippen molar-refractivity contribution in [2.45, 2.75) is 273 Å². The molecule has 0 unspecified atom stereocenters. The van der Waals surface area contributed by atoms with Gasteiger partial charge >= 0.3 is 0 Å². The van der Waals surface area contributed by atoms with E-state index in [1.807, 2.05) is 0 Å². The minimum absolute atomic E-state index is 0.0157. The van der Waals surface area contributed by atoms with Crippen molar-refractivity contribution in [3.8, 4) is 34.5 Å². The highest BCUT2D eigenvalue weighted by Gasteiger charge is 2.35. The number of benzene rings is 2. The molecule has 1 aliphatic heterocycles. The van der Waals surface area contributed by atoms with E-state index in [-0.39, 0.29) is 11.5 Å². The summed E-state index contributed by atoms with van der Waals surface area (Å²) in [6.45, 7) is 13.7. The van der Waals surface area contributed by atoms with Crippen molar-refractivity contribution in [3.63, 3.8) is 0 Å². The van der Waals surface area contributed by atoms with E-state index in [0.29, 0.717) is 24.3 Å². The van der Waals surface area contributed by atoms with Gasteiger partial charge in [0.05, 0.1) is 0 Å². The zero-order valence-corrected chi connectivity index (χ0v) is 39.2. The number of aromatic hydroxyl groups is 2. The summed E-state index contributed by atoms with van der Waals surface area (Å²) in [5.41, 5.74) is 7.37. The van der Waals surface area contributed by atoms with Crippen LogP contribution in [0.4, 0.5) is 0 Å². The second kappa shape index (κ2) is 30.6. The smallest absolute Gasteiger partial charge is 0.177 e. The van der Waals surface area contributed by atoms with Crippen molar-refractivity contribution in [2.75, 3.05) is 0 Å². The molecule has 0 spiro atoms. The molecule has 4 nitrogen and oxygen atoms in total. The van der Waals surface area contributed by atoms with Crippen LogP contribution in [0.1, 0.15) is 268 Å². The van der Waals surface area contributed by atoms with Crippen molar-refractivity contribution < 1.29 is 19.7 Å². The summed E-state index contributed by atoms with van der Waals surface area (Å²) in [5.74, 6) is 3.28. The first kappa shape index (κ1) is 50.0. The molecule has 0 amide bonds. The molecule has 2 N–H and O–H groups in total. The Morgan fingerprint density at radius 2 is 0.431 bits per heavy atom. The Balaban J connectivity index is 2.27. The maximum Gasteiger partial charge on any atom is 0.177 e. The maximum atomic E-state index is 11.8. The van der Waals surface area contributed by atoms with E-state index in [4.69, 9.17) is 9.47 Å². The van der Waals surface area contributed by atoms with Gasteiger partial charge in [-0.3, -0.25) is 0 Å². The molecule has 3 rings (SSSR count). The quantitative estimate of drug-likeness (QED) is 0.0454. The largest absolute Gasteiger partial charge is 0.504 e. The van der Waals surface area contributed by atoms with Crippen molar-refractivity contribution in [1.29, 1.82) is 0 Å². The normalized spacial score (nSPS) is 12.1. The average Bonchev–Trinajstić information content (AvgIpc) is 3.23. The molecule has 332 valence electrons. The number of hydrogen-bond acceptors (Lipinski definition) is 4. The molecular weight excluding hydrogens is 713 g/mol. The molecule has 1 heterocycles. The van der Waals surface area contributed by atoms with Gasteiger partial charge in [-0.1, -0.05) is 196 Å². The lowest BCUT2D eigenvalue weighted by atomic mass is 9.83. The third-order valence-corrected chi connectivity index (χ3v) is 13.0. The number of phenolic OH excluding ortho intramolecular Hbond substituents is 2. The predicted octanol–water partition coefficient (Wildman–Crippen LogP) is 18.1. The zero-order chi connectivity index (χ0) is 41.8. The highest BCUT2D eigenvalue weighted by atomic mass is 16.6. The second-order valence-corrected chi connectivity index (χ2v) is 18.1. The van der Waals surface area contributed by atoms with Crippen LogP contribution in [0.5, 0.6) is 34.5 Å². The number of ether oxygens (including phenoxy) is 2. The van der Waals surface area contributed by atoms with Gasteiger partial charge in [0.1, 0.15) is 0 Å². The van der Waals surface area contributed by atoms with Crippen LogP contribution in [-0.4, -0.2) is 10.2 Å². The molecule has 0 saturated carbocycles. The average molecular weight is 805 g/mol. The van der Waals surface area contributed by atoms with E-state index in [1.54, 1.807) is 11.1 Å². The molecule has 0 atom stereocenters. The number of rotatable bonds is 36. The lowest BCUT2D eigenvalue weighted by Gasteiger charge is -2.32. The van der Waals surface area contributed by atoms with E-state index in [2.05, 4.69) is 41.5 Å². The summed E-state index contributed by atoms with van der Waals surface area (Å²) in [6, 6.07) is 0. The van der Waals surface area contributed by atoms with Crippen molar-refractivity contribution in [1.82, 2.24) is 0 Å². The Hall–Kier alpha value is -2.36. The minimum atomic E-state index is 0.0157. The summed E-state index contributed by atoms with van der Waals surface area (Å²) in [6.07, 6.45) is 42.2. The SMILES string of the molecule is CCCCCCCc1c(CCCCCCC)c(CCCCCCC)c2c(c1CCCCCCC)Oc1c(CCCCCCC)c(O)c(O)c(CCCCCCC)c1O2. The number of fused-ring (bicyclic) bond motifs is 2. The van der Waals surface area contributed by atoms with E-state index in [0.717, 1.165) is 86.8 Å². The minimum Gasteiger partial charge on any atom is -0.504 e. The molecule has 1 aliphatic rings. The van der Waals surface area contributed by atoms with Gasteiger partial charge in [0, 0.05) is 22.3 Å². The number of phenols is 2. The maximum absolute atomic E-state index is 11.8. The Morgan fingerprint density at radius 1 is 0.241 bits per heavy atom. The Labute approximate surface area is 359 Å². The molecule has 0 aliphatic carbocycles. The van der Waals surface area contributed by atoms with Gasteiger partial charge in [-0.05, 0) is 88.2 Å². The first-order valence-electron chi connectivity index (χ1n) is 25.6. The number of unbranched alkanes of at least 4 members (excludes halogenated alkanes) is 24. The van der Waals surface area contributed by atoms with Crippen LogP contribution in [0.15, 0.2) is 0 Å². The van der Waals surface area contributed by atoms with Gasteiger partial charge in [0.25, 0.3) is 0 Å². The predicted molar refractivity (Wildman–Crippen MR) is 251 cm³/mol. The number of hydrogen-bond donors (Lipinski definition) is 2. The fraction of sp³-hybridized carbons (Fsp3) is 0.778. The van der Waals surface area contributed by atoms with Crippen LogP contribution in [0.25, 0.3) is 0 Å². The standard InChI is InChI=1S/C54H92O4/c1-7-13-19-25-31-37-43-44(38-32-26-20-14-8-2)46(40-34-28-22-16-10-4)52-51(45(43)39-33-27-21-15-9-3)57-53-47(41-35-29-23-17-11-5)49(55)50(56)48(54(53)58-52)42-36-30-24-18-12-6/h55-56H,7-42H2,1-6H3. The molecule has 2 aromatic rings. The summed E-state index contributed by atoms with van der Waals surface area (Å²) in [7, 11) is 0. The van der Waals surface area contributed by atoms with Crippen LogP contribution in [0.3, 0.4) is 0 Å². The zero-order valence-electron chi connectivity index (χ0n) is 39.2. The van der Waals surface area contributed by atoms with E-state index in [1.165, 1.54) is 165 Å². The monoisotopic (exact) mass is 805 g/mol. The fourth-order valence-corrected chi connectivity index (χ4v) is 9.35. The molecule has 0 fully saturated rings.